The van der Waals surface area contributed by atoms with Crippen LogP contribution in [-0.4, -0.2) is 123 Å². The Hall–Kier alpha value is -2.64. The van der Waals surface area contributed by atoms with Gasteiger partial charge in [-0.3, -0.25) is 0 Å². The number of hydrogen-bond donors (Lipinski definition) is 2. The Morgan fingerprint density at radius 2 is 1.58 bits per heavy atom. The number of aliphatic hydroxyl groups excluding tert-OH is 1. The lowest BCUT2D eigenvalue weighted by Crippen LogP contribution is -2.80. The van der Waals surface area contributed by atoms with E-state index >= 15 is 0 Å². The number of nitrogens with zero attached hydrogens (tertiary/aromatic N) is 1. The van der Waals surface area contributed by atoms with Crippen LogP contribution >= 0.6 is 0 Å². The molecule has 0 radical (unpaired) electrons. The van der Waals surface area contributed by atoms with Crippen LogP contribution in [0.15, 0.2) is 54.6 Å². The Balaban J connectivity index is 1.22. The predicted molar refractivity (Wildman–Crippen MR) is 224 cm³/mol. The zero-order valence-corrected chi connectivity index (χ0v) is 36.4. The molecule has 328 valence electrons. The number of carbonyl (C=O) groups is 2. The maximum atomic E-state index is 14.4. The number of esters is 2. The van der Waals surface area contributed by atoms with Gasteiger partial charge >= 0.3 is 11.9 Å². The Labute approximate surface area is 352 Å². The smallest absolute Gasteiger partial charge is 0.338 e. The number of fused-ring (bicyclic) bond motifs is 2. The van der Waals surface area contributed by atoms with E-state index < -0.39 is 70.7 Å². The van der Waals surface area contributed by atoms with Crippen LogP contribution in [0.1, 0.15) is 107 Å². The molecule has 1 heterocycles. The first-order valence-corrected chi connectivity index (χ1v) is 22.6. The first-order chi connectivity index (χ1) is 28.6. The van der Waals surface area contributed by atoms with Crippen LogP contribution in [0.3, 0.4) is 0 Å². The Morgan fingerprint density at radius 3 is 2.22 bits per heavy atom. The van der Waals surface area contributed by atoms with Gasteiger partial charge in [-0.05, 0) is 57.2 Å². The lowest BCUT2D eigenvalue weighted by molar-refractivity contribution is -0.315. The number of ether oxygens (including phenoxy) is 6. The summed E-state index contributed by atoms with van der Waals surface area (Å²) in [7, 11) is 8.72. The van der Waals surface area contributed by atoms with Crippen molar-refractivity contribution in [3.05, 3.63) is 60.2 Å². The molecule has 14 atom stereocenters. The molecule has 7 rings (SSSR count). The van der Waals surface area contributed by atoms with Crippen molar-refractivity contribution in [3.8, 4) is 0 Å². The van der Waals surface area contributed by atoms with Crippen LogP contribution in [0.2, 0.25) is 0 Å². The summed E-state index contributed by atoms with van der Waals surface area (Å²) < 4.78 is 38.6. The Bertz CT molecular complexity index is 1650. The van der Waals surface area contributed by atoms with Crippen LogP contribution < -0.4 is 0 Å². The summed E-state index contributed by atoms with van der Waals surface area (Å²) in [6, 6.07) is 8.43. The maximum absolute atomic E-state index is 14.4. The van der Waals surface area contributed by atoms with Gasteiger partial charge < -0.3 is 43.5 Å². The van der Waals surface area contributed by atoms with Gasteiger partial charge in [-0.25, -0.2) is 9.59 Å². The first kappa shape index (κ1) is 44.4. The number of allylic oxidation sites excluding steroid dienone is 3. The molecule has 0 aromatic heterocycles. The molecule has 6 aliphatic rings. The van der Waals surface area contributed by atoms with Gasteiger partial charge in [0.05, 0.1) is 24.4 Å². The van der Waals surface area contributed by atoms with E-state index in [1.54, 1.807) is 51.7 Å². The summed E-state index contributed by atoms with van der Waals surface area (Å²) in [5.74, 6) is -3.21. The fourth-order valence-electron chi connectivity index (χ4n) is 14.3. The molecule has 11 heteroatoms. The van der Waals surface area contributed by atoms with Gasteiger partial charge in [-0.1, -0.05) is 101 Å². The van der Waals surface area contributed by atoms with E-state index in [0.717, 1.165) is 32.2 Å². The highest BCUT2D eigenvalue weighted by Crippen LogP contribution is 2.80. The van der Waals surface area contributed by atoms with Gasteiger partial charge in [-0.2, -0.15) is 0 Å². The number of aliphatic hydroxyl groups is 2. The zero-order valence-electron chi connectivity index (χ0n) is 36.4. The summed E-state index contributed by atoms with van der Waals surface area (Å²) >= 11 is 0. The first-order valence-electron chi connectivity index (χ1n) is 22.6. The second kappa shape index (κ2) is 18.4. The van der Waals surface area contributed by atoms with Crippen molar-refractivity contribution in [2.75, 3.05) is 48.6 Å². The van der Waals surface area contributed by atoms with Crippen LogP contribution in [0, 0.1) is 34.5 Å². The fourth-order valence-corrected chi connectivity index (χ4v) is 14.3. The molecule has 1 unspecified atom stereocenters. The van der Waals surface area contributed by atoms with E-state index in [1.807, 2.05) is 12.1 Å². The zero-order chi connectivity index (χ0) is 42.0. The summed E-state index contributed by atoms with van der Waals surface area (Å²) in [6.07, 6.45) is 17.9. The average molecular weight is 822 g/mol. The molecule has 5 saturated carbocycles. The average Bonchev–Trinajstić information content (AvgIpc) is 3.62. The van der Waals surface area contributed by atoms with E-state index in [2.05, 4.69) is 24.9 Å². The van der Waals surface area contributed by atoms with Crippen molar-refractivity contribution in [2.24, 2.45) is 34.5 Å². The highest BCUT2D eigenvalue weighted by molar-refractivity contribution is 5.89. The molecule has 5 aliphatic carbocycles. The topological polar surface area (TPSA) is 133 Å². The lowest BCUT2D eigenvalue weighted by atomic mass is 9.43. The monoisotopic (exact) mass is 822 g/mol. The Morgan fingerprint density at radius 1 is 0.881 bits per heavy atom. The lowest BCUT2D eigenvalue weighted by Gasteiger charge is -2.69. The van der Waals surface area contributed by atoms with Gasteiger partial charge in [0.15, 0.2) is 5.60 Å². The molecule has 1 spiro atoms. The van der Waals surface area contributed by atoms with E-state index in [-0.39, 0.29) is 29.9 Å². The second-order valence-corrected chi connectivity index (χ2v) is 18.8. The third kappa shape index (κ3) is 7.16. The number of likely N-dealkylation sites (tertiary alicyclic amines) is 1. The standard InChI is InChI=1S/C48H71NO10/c1-7-8-9-10-11-12-13-14-15-16-17-18-19-23-26-35(50)59-48-36-33(29-46(53,43(57-6)41(48)51)42(36)58-44(52)32-24-21-20-22-25-32)47-34(55-4)27-28-45(31-54-3)30-49(2)40(47)37(48)38(56-5)39(45)47/h18-26,33-34,36-43,51,53H,7-17,27-31H2,1-6H3/b19-18+,26-23+/t33-,34+,36-,37+,38+,39-,40?,41+,42-,43+,45+,46-,47+,48-/m1/s1. The van der Waals surface area contributed by atoms with Gasteiger partial charge in [0.25, 0.3) is 0 Å². The molecule has 1 aromatic carbocycles. The quantitative estimate of drug-likeness (QED) is 0.0595. The molecule has 59 heavy (non-hydrogen) atoms. The summed E-state index contributed by atoms with van der Waals surface area (Å²) in [5.41, 5.74) is -4.14. The van der Waals surface area contributed by atoms with Gasteiger partial charge in [-0.15, -0.1) is 0 Å². The molecule has 0 amide bonds. The molecule has 1 aliphatic heterocycles. The van der Waals surface area contributed by atoms with Crippen LogP contribution in [0.4, 0.5) is 0 Å². The van der Waals surface area contributed by atoms with Crippen molar-refractivity contribution in [2.45, 2.75) is 145 Å². The number of rotatable bonds is 21. The van der Waals surface area contributed by atoms with E-state index in [1.165, 1.54) is 71.0 Å². The molecule has 6 fully saturated rings. The number of piperidine rings is 1. The number of benzene rings is 1. The van der Waals surface area contributed by atoms with Crippen LogP contribution in [0.5, 0.6) is 0 Å². The Kier molecular flexibility index (Phi) is 13.8. The molecule has 1 saturated heterocycles. The van der Waals surface area contributed by atoms with Crippen molar-refractivity contribution < 1.29 is 48.2 Å². The van der Waals surface area contributed by atoms with Crippen LogP contribution in [-0.2, 0) is 33.2 Å². The maximum Gasteiger partial charge on any atom is 0.338 e. The summed E-state index contributed by atoms with van der Waals surface area (Å²) in [6.45, 7) is 3.45. The van der Waals surface area contributed by atoms with Crippen molar-refractivity contribution in [1.82, 2.24) is 4.90 Å². The van der Waals surface area contributed by atoms with Crippen molar-refractivity contribution >= 4 is 11.9 Å². The van der Waals surface area contributed by atoms with Gasteiger partial charge in [0.1, 0.15) is 23.9 Å². The minimum atomic E-state index is -1.80. The van der Waals surface area contributed by atoms with E-state index in [4.69, 9.17) is 28.4 Å². The largest absolute Gasteiger partial charge is 0.455 e. The third-order valence-corrected chi connectivity index (χ3v) is 15.9. The second-order valence-electron chi connectivity index (χ2n) is 18.8. The molecule has 2 N–H and O–H groups in total. The highest BCUT2D eigenvalue weighted by atomic mass is 16.6. The molecule has 11 nitrogen and oxygen atoms in total. The minimum absolute atomic E-state index is 0.138. The SMILES string of the molecule is CCCCCCCCCCCC/C=C/C=C/C(=O)O[C@]12[C@H]3[C@@H](OC(=O)c4ccccc4)[C@](O)(C[C@H]3[C@@]34C5[C@@H]1[C@H](OC)[C@@H]3[C@@](COC)(CC[C@@H]4OC)CN5C)[C@@H](OC)[C@@H]2O. The summed E-state index contributed by atoms with van der Waals surface area (Å²) in [5, 5.41) is 25.9. The van der Waals surface area contributed by atoms with Gasteiger partial charge in [0.2, 0.25) is 0 Å². The number of carbonyl (C=O) groups excluding carboxylic acids is 2. The highest BCUT2D eigenvalue weighted by Gasteiger charge is 2.91. The van der Waals surface area contributed by atoms with Crippen molar-refractivity contribution in [3.63, 3.8) is 0 Å². The van der Waals surface area contributed by atoms with Crippen LogP contribution in [0.25, 0.3) is 0 Å². The predicted octanol–water partition coefficient (Wildman–Crippen LogP) is 6.69. The number of methoxy groups -OCH3 is 4. The fraction of sp³-hybridized carbons (Fsp3) is 0.750. The van der Waals surface area contributed by atoms with Crippen molar-refractivity contribution in [1.29, 1.82) is 0 Å². The molecular formula is C48H71NO10. The number of hydrogen-bond acceptors (Lipinski definition) is 11. The van der Waals surface area contributed by atoms with E-state index in [0.29, 0.717) is 12.2 Å². The minimum Gasteiger partial charge on any atom is -0.455 e. The molecular weight excluding hydrogens is 751 g/mol. The molecule has 1 aromatic rings. The third-order valence-electron chi connectivity index (χ3n) is 15.9. The van der Waals surface area contributed by atoms with E-state index in [9.17, 15) is 19.8 Å². The molecule has 7 bridgehead atoms. The summed E-state index contributed by atoms with van der Waals surface area (Å²) in [4.78, 5) is 30.7. The number of unbranched alkanes of at least 4 members (excludes halogenated alkanes) is 10. The van der Waals surface area contributed by atoms with Gasteiger partial charge in [0, 0.05) is 75.7 Å². The normalized spacial score (nSPS) is 40.5.